The molecule has 112 valence electrons. The molecule has 0 radical (unpaired) electrons. The molecule has 0 atom stereocenters. The van der Waals surface area contributed by atoms with Crippen molar-refractivity contribution >= 4 is 0 Å². The average Bonchev–Trinajstić information content (AvgIpc) is 3.33. The van der Waals surface area contributed by atoms with Gasteiger partial charge in [0.2, 0.25) is 0 Å². The van der Waals surface area contributed by atoms with Crippen molar-refractivity contribution in [3.05, 3.63) is 35.4 Å². The summed E-state index contributed by atoms with van der Waals surface area (Å²) in [5.41, 5.74) is 2.32. The first kappa shape index (κ1) is 14.6. The van der Waals surface area contributed by atoms with Crippen LogP contribution in [-0.4, -0.2) is 54.2 Å². The first-order chi connectivity index (χ1) is 10.3. The normalized spacial score (nSPS) is 20.0. The summed E-state index contributed by atoms with van der Waals surface area (Å²) in [6.07, 6.45) is 2.90. The predicted molar refractivity (Wildman–Crippen MR) is 84.8 cm³/mol. The highest BCUT2D eigenvalue weighted by Crippen LogP contribution is 2.29. The molecule has 0 amide bonds. The van der Waals surface area contributed by atoms with Crippen LogP contribution in [0.1, 0.15) is 24.0 Å². The van der Waals surface area contributed by atoms with Gasteiger partial charge >= 0.3 is 0 Å². The van der Waals surface area contributed by atoms with Crippen LogP contribution in [0.4, 0.5) is 0 Å². The molecular formula is C18H24N2O. The van der Waals surface area contributed by atoms with E-state index in [4.69, 9.17) is 5.11 Å². The lowest BCUT2D eigenvalue weighted by Crippen LogP contribution is -2.46. The van der Waals surface area contributed by atoms with E-state index in [-0.39, 0.29) is 6.61 Å². The Balaban J connectivity index is 1.46. The van der Waals surface area contributed by atoms with Gasteiger partial charge in [-0.15, -0.1) is 0 Å². The van der Waals surface area contributed by atoms with Crippen molar-refractivity contribution in [3.8, 4) is 11.8 Å². The molecular weight excluding hydrogens is 260 g/mol. The minimum atomic E-state index is -0.0765. The summed E-state index contributed by atoms with van der Waals surface area (Å²) in [7, 11) is 0. The molecule has 2 aliphatic rings. The van der Waals surface area contributed by atoms with Gasteiger partial charge in [0.1, 0.15) is 6.61 Å². The molecule has 1 aromatic carbocycles. The summed E-state index contributed by atoms with van der Waals surface area (Å²) in [6, 6.07) is 8.39. The van der Waals surface area contributed by atoms with E-state index in [1.807, 2.05) is 12.1 Å². The van der Waals surface area contributed by atoms with Crippen molar-refractivity contribution in [2.75, 3.05) is 39.3 Å². The van der Waals surface area contributed by atoms with Gasteiger partial charge in [0.15, 0.2) is 0 Å². The smallest absolute Gasteiger partial charge is 0.104 e. The zero-order valence-corrected chi connectivity index (χ0v) is 12.6. The maximum absolute atomic E-state index is 8.69. The SMILES string of the molecule is OCC#Cc1ccc(CN2CCN(CC3CC3)CC2)cc1. The van der Waals surface area contributed by atoms with E-state index in [1.54, 1.807) is 0 Å². The van der Waals surface area contributed by atoms with E-state index in [0.717, 1.165) is 18.0 Å². The molecule has 21 heavy (non-hydrogen) atoms. The van der Waals surface area contributed by atoms with Crippen LogP contribution in [0.15, 0.2) is 24.3 Å². The maximum Gasteiger partial charge on any atom is 0.104 e. The number of piperazine rings is 1. The molecule has 1 heterocycles. The van der Waals surface area contributed by atoms with Crippen molar-refractivity contribution < 1.29 is 5.11 Å². The Morgan fingerprint density at radius 2 is 1.67 bits per heavy atom. The molecule has 3 nitrogen and oxygen atoms in total. The quantitative estimate of drug-likeness (QED) is 0.850. The van der Waals surface area contributed by atoms with Gasteiger partial charge in [-0.2, -0.15) is 0 Å². The van der Waals surface area contributed by atoms with Gasteiger partial charge in [0, 0.05) is 44.8 Å². The monoisotopic (exact) mass is 284 g/mol. The molecule has 0 unspecified atom stereocenters. The molecule has 0 spiro atoms. The first-order valence-corrected chi connectivity index (χ1v) is 7.97. The predicted octanol–water partition coefficient (Wildman–Crippen LogP) is 1.56. The number of hydrogen-bond acceptors (Lipinski definition) is 3. The first-order valence-electron chi connectivity index (χ1n) is 7.97. The van der Waals surface area contributed by atoms with Crippen molar-refractivity contribution in [1.82, 2.24) is 9.80 Å². The van der Waals surface area contributed by atoms with Gasteiger partial charge in [0.25, 0.3) is 0 Å². The van der Waals surface area contributed by atoms with Gasteiger partial charge in [-0.3, -0.25) is 4.90 Å². The molecule has 1 aliphatic carbocycles. The van der Waals surface area contributed by atoms with Crippen LogP contribution in [0.2, 0.25) is 0 Å². The number of nitrogens with zero attached hydrogens (tertiary/aromatic N) is 2. The Labute approximate surface area is 127 Å². The Morgan fingerprint density at radius 1 is 1.00 bits per heavy atom. The second-order valence-electron chi connectivity index (χ2n) is 6.18. The van der Waals surface area contributed by atoms with Crippen LogP contribution >= 0.6 is 0 Å². The Hall–Kier alpha value is -1.34. The number of rotatable bonds is 4. The molecule has 1 saturated carbocycles. The van der Waals surface area contributed by atoms with Gasteiger partial charge < -0.3 is 10.0 Å². The zero-order valence-electron chi connectivity index (χ0n) is 12.6. The van der Waals surface area contributed by atoms with Gasteiger partial charge in [0.05, 0.1) is 0 Å². The highest BCUT2D eigenvalue weighted by molar-refractivity contribution is 5.36. The lowest BCUT2D eigenvalue weighted by atomic mass is 10.1. The Bertz CT molecular complexity index is 502. The number of aliphatic hydroxyl groups excluding tert-OH is 1. The van der Waals surface area contributed by atoms with Crippen LogP contribution in [0, 0.1) is 17.8 Å². The van der Waals surface area contributed by atoms with Crippen LogP contribution in [0.3, 0.4) is 0 Å². The van der Waals surface area contributed by atoms with E-state index >= 15 is 0 Å². The van der Waals surface area contributed by atoms with E-state index in [0.29, 0.717) is 0 Å². The summed E-state index contributed by atoms with van der Waals surface area (Å²) in [6.45, 7) is 7.08. The standard InChI is InChI=1S/C18H24N2O/c21-13-1-2-16-3-5-17(6-4-16)14-19-9-11-20(12-10-19)15-18-7-8-18/h3-6,18,21H,7-15H2. The molecule has 0 bridgehead atoms. The third-order valence-corrected chi connectivity index (χ3v) is 4.35. The van der Waals surface area contributed by atoms with Gasteiger partial charge in [-0.1, -0.05) is 24.0 Å². The maximum atomic E-state index is 8.69. The van der Waals surface area contributed by atoms with Crippen LogP contribution in [0.25, 0.3) is 0 Å². The second-order valence-corrected chi connectivity index (χ2v) is 6.18. The van der Waals surface area contributed by atoms with Crippen molar-refractivity contribution in [2.45, 2.75) is 19.4 Å². The highest BCUT2D eigenvalue weighted by Gasteiger charge is 2.26. The van der Waals surface area contributed by atoms with Crippen molar-refractivity contribution in [2.24, 2.45) is 5.92 Å². The van der Waals surface area contributed by atoms with E-state index in [9.17, 15) is 0 Å². The molecule has 1 aromatic rings. The van der Waals surface area contributed by atoms with Crippen LogP contribution in [-0.2, 0) is 6.54 Å². The molecule has 1 saturated heterocycles. The summed E-state index contributed by atoms with van der Waals surface area (Å²) < 4.78 is 0. The topological polar surface area (TPSA) is 26.7 Å². The van der Waals surface area contributed by atoms with E-state index in [1.165, 1.54) is 51.1 Å². The summed E-state index contributed by atoms with van der Waals surface area (Å²) in [5.74, 6) is 6.62. The fourth-order valence-corrected chi connectivity index (χ4v) is 2.89. The lowest BCUT2D eigenvalue weighted by molar-refractivity contribution is 0.123. The average molecular weight is 284 g/mol. The molecule has 1 aliphatic heterocycles. The third-order valence-electron chi connectivity index (χ3n) is 4.35. The largest absolute Gasteiger partial charge is 0.384 e. The number of benzene rings is 1. The van der Waals surface area contributed by atoms with E-state index < -0.39 is 0 Å². The minimum absolute atomic E-state index is 0.0765. The summed E-state index contributed by atoms with van der Waals surface area (Å²) in [5, 5.41) is 8.69. The molecule has 3 rings (SSSR count). The van der Waals surface area contributed by atoms with Gasteiger partial charge in [-0.05, 0) is 36.5 Å². The zero-order chi connectivity index (χ0) is 14.5. The minimum Gasteiger partial charge on any atom is -0.384 e. The van der Waals surface area contributed by atoms with Crippen LogP contribution in [0.5, 0.6) is 0 Å². The molecule has 1 N–H and O–H groups in total. The Morgan fingerprint density at radius 3 is 2.29 bits per heavy atom. The van der Waals surface area contributed by atoms with Crippen molar-refractivity contribution in [3.63, 3.8) is 0 Å². The van der Waals surface area contributed by atoms with Gasteiger partial charge in [-0.25, -0.2) is 0 Å². The van der Waals surface area contributed by atoms with Crippen molar-refractivity contribution in [1.29, 1.82) is 0 Å². The molecule has 2 fully saturated rings. The fraction of sp³-hybridized carbons (Fsp3) is 0.556. The molecule has 0 aromatic heterocycles. The third kappa shape index (κ3) is 4.57. The molecule has 3 heteroatoms. The second kappa shape index (κ2) is 7.09. The summed E-state index contributed by atoms with van der Waals surface area (Å²) in [4.78, 5) is 5.17. The highest BCUT2D eigenvalue weighted by atomic mass is 16.2. The number of hydrogen-bond donors (Lipinski definition) is 1. The fourth-order valence-electron chi connectivity index (χ4n) is 2.89. The Kier molecular flexibility index (Phi) is 4.92. The number of aliphatic hydroxyl groups is 1. The van der Waals surface area contributed by atoms with E-state index in [2.05, 4.69) is 33.8 Å². The summed E-state index contributed by atoms with van der Waals surface area (Å²) >= 11 is 0. The lowest BCUT2D eigenvalue weighted by Gasteiger charge is -2.34. The van der Waals surface area contributed by atoms with Crippen LogP contribution < -0.4 is 0 Å².